The number of piperazine rings is 1. The molecule has 116 valence electrons. The fraction of sp³-hybridized carbons (Fsp3) is 0.625. The van der Waals surface area contributed by atoms with Crippen molar-refractivity contribution in [3.8, 4) is 0 Å². The number of H-pyrrole nitrogens is 1. The highest BCUT2D eigenvalue weighted by Crippen LogP contribution is 2.25. The number of aryl methyl sites for hydroxylation is 2. The van der Waals surface area contributed by atoms with Crippen LogP contribution in [0.5, 0.6) is 0 Å². The van der Waals surface area contributed by atoms with Gasteiger partial charge in [0, 0.05) is 30.0 Å². The number of amides is 1. The van der Waals surface area contributed by atoms with Gasteiger partial charge in [0.25, 0.3) is 0 Å². The molecule has 1 unspecified atom stereocenters. The van der Waals surface area contributed by atoms with E-state index < -0.39 is 5.54 Å². The Kier molecular flexibility index (Phi) is 4.52. The number of nitrogens with one attached hydrogen (secondary N) is 2. The number of hydrogen-bond donors (Lipinski definition) is 2. The van der Waals surface area contributed by atoms with Gasteiger partial charge in [-0.15, -0.1) is 0 Å². The SMILES string of the molecule is CCCC1(C)C(=O)NCCN1CC(=O)c1cc(C)[nH]c1C. The molecule has 2 heterocycles. The van der Waals surface area contributed by atoms with Gasteiger partial charge in [-0.3, -0.25) is 14.5 Å². The summed E-state index contributed by atoms with van der Waals surface area (Å²) in [5.74, 6) is 0.110. The minimum absolute atomic E-state index is 0.0328. The standard InChI is InChI=1S/C16H25N3O2/c1-5-6-16(4)15(21)17-7-8-19(16)10-14(20)13-9-11(2)18-12(13)3/h9,18H,5-8,10H2,1-4H3,(H,17,21). The summed E-state index contributed by atoms with van der Waals surface area (Å²) in [6.45, 7) is 9.48. The third-order valence-electron chi connectivity index (χ3n) is 4.38. The van der Waals surface area contributed by atoms with E-state index in [0.717, 1.165) is 36.3 Å². The Morgan fingerprint density at radius 1 is 1.43 bits per heavy atom. The van der Waals surface area contributed by atoms with Crippen molar-refractivity contribution in [2.45, 2.75) is 46.1 Å². The zero-order chi connectivity index (χ0) is 15.6. The van der Waals surface area contributed by atoms with E-state index in [9.17, 15) is 9.59 Å². The number of aromatic amines is 1. The second-order valence-electron chi connectivity index (χ2n) is 6.12. The Balaban J connectivity index is 2.18. The second-order valence-corrected chi connectivity index (χ2v) is 6.12. The van der Waals surface area contributed by atoms with Crippen LogP contribution in [0, 0.1) is 13.8 Å². The average Bonchev–Trinajstić information content (AvgIpc) is 2.75. The van der Waals surface area contributed by atoms with Gasteiger partial charge in [-0.1, -0.05) is 13.3 Å². The van der Waals surface area contributed by atoms with Gasteiger partial charge in [0.05, 0.1) is 12.1 Å². The van der Waals surface area contributed by atoms with E-state index in [2.05, 4.69) is 17.2 Å². The highest BCUT2D eigenvalue weighted by atomic mass is 16.2. The Morgan fingerprint density at radius 3 is 2.71 bits per heavy atom. The van der Waals surface area contributed by atoms with Crippen molar-refractivity contribution >= 4 is 11.7 Å². The first-order valence-electron chi connectivity index (χ1n) is 7.61. The average molecular weight is 291 g/mol. The normalized spacial score (nSPS) is 23.1. The third-order valence-corrected chi connectivity index (χ3v) is 4.38. The van der Waals surface area contributed by atoms with Crippen molar-refractivity contribution in [3.05, 3.63) is 23.0 Å². The molecule has 0 aliphatic carbocycles. The molecule has 2 rings (SSSR count). The number of ketones is 1. The molecule has 1 saturated heterocycles. The van der Waals surface area contributed by atoms with Crippen molar-refractivity contribution in [1.82, 2.24) is 15.2 Å². The smallest absolute Gasteiger partial charge is 0.240 e. The van der Waals surface area contributed by atoms with Crippen LogP contribution in [0.25, 0.3) is 0 Å². The van der Waals surface area contributed by atoms with Crippen LogP contribution in [0.1, 0.15) is 48.4 Å². The molecule has 0 bridgehead atoms. The van der Waals surface area contributed by atoms with E-state index in [1.54, 1.807) is 0 Å². The molecule has 5 heteroatoms. The molecular formula is C16H25N3O2. The maximum Gasteiger partial charge on any atom is 0.240 e. The number of hydrogen-bond acceptors (Lipinski definition) is 3. The van der Waals surface area contributed by atoms with Crippen LogP contribution in [0.2, 0.25) is 0 Å². The van der Waals surface area contributed by atoms with E-state index in [4.69, 9.17) is 0 Å². The summed E-state index contributed by atoms with van der Waals surface area (Å²) in [6, 6.07) is 1.89. The molecule has 0 spiro atoms. The highest BCUT2D eigenvalue weighted by molar-refractivity contribution is 5.99. The number of nitrogens with zero attached hydrogens (tertiary/aromatic N) is 1. The maximum atomic E-state index is 12.6. The highest BCUT2D eigenvalue weighted by Gasteiger charge is 2.41. The molecule has 0 saturated carbocycles. The topological polar surface area (TPSA) is 65.2 Å². The molecule has 5 nitrogen and oxygen atoms in total. The zero-order valence-electron chi connectivity index (χ0n) is 13.4. The Morgan fingerprint density at radius 2 is 2.14 bits per heavy atom. The van der Waals surface area contributed by atoms with Gasteiger partial charge in [0.1, 0.15) is 0 Å². The van der Waals surface area contributed by atoms with E-state index in [0.29, 0.717) is 13.1 Å². The van der Waals surface area contributed by atoms with Crippen LogP contribution >= 0.6 is 0 Å². The quantitative estimate of drug-likeness (QED) is 0.813. The van der Waals surface area contributed by atoms with Crippen LogP contribution in [-0.4, -0.2) is 46.7 Å². The molecule has 1 amide bonds. The fourth-order valence-corrected chi connectivity index (χ4v) is 3.17. The predicted molar refractivity (Wildman–Crippen MR) is 82.5 cm³/mol. The van der Waals surface area contributed by atoms with Crippen molar-refractivity contribution in [3.63, 3.8) is 0 Å². The Bertz CT molecular complexity index is 550. The Hall–Kier alpha value is -1.62. The largest absolute Gasteiger partial charge is 0.362 e. The van der Waals surface area contributed by atoms with Gasteiger partial charge in [-0.05, 0) is 33.3 Å². The summed E-state index contributed by atoms with van der Waals surface area (Å²) in [7, 11) is 0. The van der Waals surface area contributed by atoms with Crippen molar-refractivity contribution in [1.29, 1.82) is 0 Å². The number of Topliss-reactive ketones (excluding diaryl/α,β-unsaturated/α-hetero) is 1. The van der Waals surface area contributed by atoms with E-state index in [1.165, 1.54) is 0 Å². The summed E-state index contributed by atoms with van der Waals surface area (Å²) in [5.41, 5.74) is 2.04. The molecule has 1 aromatic rings. The molecular weight excluding hydrogens is 266 g/mol. The van der Waals surface area contributed by atoms with Crippen LogP contribution < -0.4 is 5.32 Å². The number of rotatable bonds is 5. The summed E-state index contributed by atoms with van der Waals surface area (Å²) in [5, 5.41) is 2.92. The molecule has 0 radical (unpaired) electrons. The molecule has 1 fully saturated rings. The maximum absolute atomic E-state index is 12.6. The second kappa shape index (κ2) is 6.02. The van der Waals surface area contributed by atoms with Crippen LogP contribution in [0.15, 0.2) is 6.07 Å². The van der Waals surface area contributed by atoms with Crippen LogP contribution in [0.3, 0.4) is 0 Å². The first-order valence-corrected chi connectivity index (χ1v) is 7.61. The number of carbonyl (C=O) groups is 2. The lowest BCUT2D eigenvalue weighted by molar-refractivity contribution is -0.136. The fourth-order valence-electron chi connectivity index (χ4n) is 3.17. The lowest BCUT2D eigenvalue weighted by Gasteiger charge is -2.43. The van der Waals surface area contributed by atoms with Gasteiger partial charge in [0.2, 0.25) is 5.91 Å². The molecule has 1 aromatic heterocycles. The summed E-state index contributed by atoms with van der Waals surface area (Å²) < 4.78 is 0. The molecule has 2 N–H and O–H groups in total. The number of aromatic nitrogens is 1. The summed E-state index contributed by atoms with van der Waals surface area (Å²) >= 11 is 0. The molecule has 1 atom stereocenters. The lowest BCUT2D eigenvalue weighted by Crippen LogP contribution is -2.64. The van der Waals surface area contributed by atoms with Gasteiger partial charge in [-0.2, -0.15) is 0 Å². The first-order chi connectivity index (χ1) is 9.88. The van der Waals surface area contributed by atoms with E-state index in [1.807, 2.05) is 31.7 Å². The molecule has 1 aliphatic heterocycles. The third kappa shape index (κ3) is 3.02. The summed E-state index contributed by atoms with van der Waals surface area (Å²) in [6.07, 6.45) is 1.67. The van der Waals surface area contributed by atoms with E-state index in [-0.39, 0.29) is 11.7 Å². The van der Waals surface area contributed by atoms with Crippen molar-refractivity contribution in [2.24, 2.45) is 0 Å². The first kappa shape index (κ1) is 15.8. The van der Waals surface area contributed by atoms with E-state index >= 15 is 0 Å². The minimum atomic E-state index is -0.581. The van der Waals surface area contributed by atoms with Crippen LogP contribution in [-0.2, 0) is 4.79 Å². The van der Waals surface area contributed by atoms with Gasteiger partial charge >= 0.3 is 0 Å². The zero-order valence-corrected chi connectivity index (χ0v) is 13.4. The molecule has 21 heavy (non-hydrogen) atoms. The molecule has 0 aromatic carbocycles. The minimum Gasteiger partial charge on any atom is -0.362 e. The number of carbonyl (C=O) groups excluding carboxylic acids is 2. The lowest BCUT2D eigenvalue weighted by atomic mass is 9.90. The Labute approximate surface area is 126 Å². The monoisotopic (exact) mass is 291 g/mol. The van der Waals surface area contributed by atoms with Gasteiger partial charge in [-0.25, -0.2) is 0 Å². The predicted octanol–water partition coefficient (Wildman–Crippen LogP) is 1.80. The molecule has 1 aliphatic rings. The van der Waals surface area contributed by atoms with Gasteiger partial charge < -0.3 is 10.3 Å². The van der Waals surface area contributed by atoms with Crippen molar-refractivity contribution < 1.29 is 9.59 Å². The van der Waals surface area contributed by atoms with Gasteiger partial charge in [0.15, 0.2) is 5.78 Å². The van der Waals surface area contributed by atoms with Crippen molar-refractivity contribution in [2.75, 3.05) is 19.6 Å². The van der Waals surface area contributed by atoms with Crippen LogP contribution in [0.4, 0.5) is 0 Å². The summed E-state index contributed by atoms with van der Waals surface area (Å²) in [4.78, 5) is 30.0.